The third-order valence-corrected chi connectivity index (χ3v) is 2.97. The molecular formula is C11H11Cl2N3. The molecular weight excluding hydrogens is 245 g/mol. The summed E-state index contributed by atoms with van der Waals surface area (Å²) in [6.45, 7) is 3.99. The van der Waals surface area contributed by atoms with Gasteiger partial charge in [-0.3, -0.25) is 4.57 Å². The lowest BCUT2D eigenvalue weighted by molar-refractivity contribution is 0.879. The van der Waals surface area contributed by atoms with Crippen LogP contribution >= 0.6 is 23.2 Å². The molecule has 0 aliphatic rings. The molecule has 0 N–H and O–H groups in total. The van der Waals surface area contributed by atoms with Gasteiger partial charge in [-0.25, -0.2) is 0 Å². The van der Waals surface area contributed by atoms with Crippen molar-refractivity contribution in [3.8, 4) is 5.69 Å². The molecule has 0 saturated heterocycles. The molecule has 0 amide bonds. The van der Waals surface area contributed by atoms with Gasteiger partial charge in [-0.15, -0.1) is 10.2 Å². The zero-order valence-electron chi connectivity index (χ0n) is 9.04. The predicted molar refractivity (Wildman–Crippen MR) is 65.5 cm³/mol. The van der Waals surface area contributed by atoms with E-state index in [4.69, 9.17) is 23.2 Å². The van der Waals surface area contributed by atoms with Gasteiger partial charge in [-0.1, -0.05) is 30.7 Å². The molecule has 1 aromatic heterocycles. The van der Waals surface area contributed by atoms with Crippen LogP contribution in [0.4, 0.5) is 0 Å². The Morgan fingerprint density at radius 2 is 2.00 bits per heavy atom. The predicted octanol–water partition coefficient (Wildman–Crippen LogP) is 3.44. The Morgan fingerprint density at radius 3 is 2.62 bits per heavy atom. The fourth-order valence-electron chi connectivity index (χ4n) is 1.65. The van der Waals surface area contributed by atoms with E-state index in [1.54, 1.807) is 4.57 Å². The van der Waals surface area contributed by atoms with Crippen LogP contribution in [0, 0.1) is 6.92 Å². The number of rotatable bonds is 2. The highest BCUT2D eigenvalue weighted by Crippen LogP contribution is 2.27. The Kier molecular flexibility index (Phi) is 3.17. The standard InChI is InChI=1S/C11H11Cl2N3/c1-3-9-14-15-11(13)16(9)10-7(2)5-4-6-8(10)12/h4-6H,3H2,1-2H3. The van der Waals surface area contributed by atoms with Gasteiger partial charge in [-0.05, 0) is 30.2 Å². The lowest BCUT2D eigenvalue weighted by Gasteiger charge is -2.11. The highest BCUT2D eigenvalue weighted by Gasteiger charge is 2.14. The Balaban J connectivity index is 2.71. The summed E-state index contributed by atoms with van der Waals surface area (Å²) >= 11 is 12.2. The molecule has 2 rings (SSSR count). The van der Waals surface area contributed by atoms with Crippen molar-refractivity contribution in [2.45, 2.75) is 20.3 Å². The first-order valence-corrected chi connectivity index (χ1v) is 5.76. The number of para-hydroxylation sites is 1. The summed E-state index contributed by atoms with van der Waals surface area (Å²) in [5.74, 6) is 0.807. The van der Waals surface area contributed by atoms with Crippen molar-refractivity contribution in [3.05, 3.63) is 39.9 Å². The number of aryl methyl sites for hydroxylation is 2. The first-order valence-electron chi connectivity index (χ1n) is 5.00. The summed E-state index contributed by atoms with van der Waals surface area (Å²) in [5.41, 5.74) is 1.90. The van der Waals surface area contributed by atoms with E-state index in [0.29, 0.717) is 10.3 Å². The van der Waals surface area contributed by atoms with Crippen LogP contribution in [0.5, 0.6) is 0 Å². The summed E-state index contributed by atoms with van der Waals surface area (Å²) in [5, 5.41) is 8.87. The molecule has 0 aliphatic carbocycles. The second kappa shape index (κ2) is 4.44. The van der Waals surface area contributed by atoms with Gasteiger partial charge in [0.1, 0.15) is 5.82 Å². The van der Waals surface area contributed by atoms with Crippen LogP contribution < -0.4 is 0 Å². The maximum Gasteiger partial charge on any atom is 0.229 e. The van der Waals surface area contributed by atoms with Crippen molar-refractivity contribution in [1.29, 1.82) is 0 Å². The molecule has 0 fully saturated rings. The molecule has 0 aliphatic heterocycles. The van der Waals surface area contributed by atoms with Crippen LogP contribution in [-0.2, 0) is 6.42 Å². The molecule has 84 valence electrons. The van der Waals surface area contributed by atoms with E-state index in [1.807, 2.05) is 32.0 Å². The normalized spacial score (nSPS) is 10.8. The van der Waals surface area contributed by atoms with Gasteiger partial charge in [0.05, 0.1) is 10.7 Å². The zero-order valence-corrected chi connectivity index (χ0v) is 10.5. The maximum absolute atomic E-state index is 6.19. The molecule has 16 heavy (non-hydrogen) atoms. The van der Waals surface area contributed by atoms with Crippen LogP contribution in [-0.4, -0.2) is 14.8 Å². The second-order valence-corrected chi connectivity index (χ2v) is 4.22. The number of aromatic nitrogens is 3. The monoisotopic (exact) mass is 255 g/mol. The molecule has 0 bridgehead atoms. The lowest BCUT2D eigenvalue weighted by Crippen LogP contribution is -2.03. The Morgan fingerprint density at radius 1 is 1.25 bits per heavy atom. The van der Waals surface area contributed by atoms with Crippen LogP contribution in [0.25, 0.3) is 5.69 Å². The van der Waals surface area contributed by atoms with E-state index in [0.717, 1.165) is 23.5 Å². The average Bonchev–Trinajstić information content (AvgIpc) is 2.60. The summed E-state index contributed by atoms with van der Waals surface area (Å²) in [4.78, 5) is 0. The van der Waals surface area contributed by atoms with Gasteiger partial charge in [-0.2, -0.15) is 0 Å². The third-order valence-electron chi connectivity index (χ3n) is 2.42. The number of halogens is 2. The summed E-state index contributed by atoms with van der Waals surface area (Å²) < 4.78 is 1.79. The van der Waals surface area contributed by atoms with Gasteiger partial charge < -0.3 is 0 Å². The van der Waals surface area contributed by atoms with E-state index >= 15 is 0 Å². The summed E-state index contributed by atoms with van der Waals surface area (Å²) in [7, 11) is 0. The van der Waals surface area contributed by atoms with Crippen molar-refractivity contribution in [1.82, 2.24) is 14.8 Å². The molecule has 0 saturated carbocycles. The summed E-state index contributed by atoms with van der Waals surface area (Å²) in [6.07, 6.45) is 0.754. The van der Waals surface area contributed by atoms with Crippen molar-refractivity contribution in [2.75, 3.05) is 0 Å². The number of hydrogen-bond acceptors (Lipinski definition) is 2. The largest absolute Gasteiger partial charge is 0.268 e. The Bertz CT molecular complexity index is 500. The first kappa shape index (κ1) is 11.4. The van der Waals surface area contributed by atoms with Crippen LogP contribution in [0.2, 0.25) is 10.3 Å². The fourth-order valence-corrected chi connectivity index (χ4v) is 2.18. The Labute approximate surface area is 104 Å². The van der Waals surface area contributed by atoms with E-state index in [1.165, 1.54) is 0 Å². The van der Waals surface area contributed by atoms with E-state index in [2.05, 4.69) is 10.2 Å². The van der Waals surface area contributed by atoms with E-state index < -0.39 is 0 Å². The molecule has 0 atom stereocenters. The lowest BCUT2D eigenvalue weighted by atomic mass is 10.2. The zero-order chi connectivity index (χ0) is 11.7. The van der Waals surface area contributed by atoms with Crippen LogP contribution in [0.1, 0.15) is 18.3 Å². The molecule has 3 nitrogen and oxygen atoms in total. The first-order chi connectivity index (χ1) is 7.65. The van der Waals surface area contributed by atoms with Crippen molar-refractivity contribution in [2.24, 2.45) is 0 Å². The van der Waals surface area contributed by atoms with Gasteiger partial charge in [0.2, 0.25) is 5.28 Å². The minimum Gasteiger partial charge on any atom is -0.268 e. The number of nitrogens with zero attached hydrogens (tertiary/aromatic N) is 3. The minimum atomic E-state index is 0.341. The number of benzene rings is 1. The molecule has 2 aromatic rings. The smallest absolute Gasteiger partial charge is 0.229 e. The van der Waals surface area contributed by atoms with E-state index in [9.17, 15) is 0 Å². The summed E-state index contributed by atoms with van der Waals surface area (Å²) in [6, 6.07) is 5.72. The van der Waals surface area contributed by atoms with Gasteiger partial charge in [0.15, 0.2) is 0 Å². The highest BCUT2D eigenvalue weighted by molar-refractivity contribution is 6.33. The SMILES string of the molecule is CCc1nnc(Cl)n1-c1c(C)cccc1Cl. The fraction of sp³-hybridized carbons (Fsp3) is 0.273. The quantitative estimate of drug-likeness (QED) is 0.823. The van der Waals surface area contributed by atoms with Crippen LogP contribution in [0.15, 0.2) is 18.2 Å². The second-order valence-electron chi connectivity index (χ2n) is 3.48. The molecule has 1 aromatic carbocycles. The van der Waals surface area contributed by atoms with Crippen molar-refractivity contribution >= 4 is 23.2 Å². The molecule has 0 radical (unpaired) electrons. The van der Waals surface area contributed by atoms with Crippen molar-refractivity contribution < 1.29 is 0 Å². The topological polar surface area (TPSA) is 30.7 Å². The Hall–Kier alpha value is -1.06. The highest BCUT2D eigenvalue weighted by atomic mass is 35.5. The number of hydrogen-bond donors (Lipinski definition) is 0. The van der Waals surface area contributed by atoms with Gasteiger partial charge >= 0.3 is 0 Å². The molecule has 5 heteroatoms. The minimum absolute atomic E-state index is 0.341. The maximum atomic E-state index is 6.19. The van der Waals surface area contributed by atoms with Gasteiger partial charge in [0.25, 0.3) is 0 Å². The van der Waals surface area contributed by atoms with Crippen LogP contribution in [0.3, 0.4) is 0 Å². The molecule has 0 spiro atoms. The van der Waals surface area contributed by atoms with Crippen molar-refractivity contribution in [3.63, 3.8) is 0 Å². The molecule has 1 heterocycles. The van der Waals surface area contributed by atoms with Gasteiger partial charge in [0, 0.05) is 6.42 Å². The van der Waals surface area contributed by atoms with E-state index in [-0.39, 0.29) is 0 Å². The third kappa shape index (κ3) is 1.81. The average molecular weight is 256 g/mol. The molecule has 0 unspecified atom stereocenters.